The molecule has 1 N–H and O–H groups in total. The van der Waals surface area contributed by atoms with Gasteiger partial charge in [0.25, 0.3) is 0 Å². The van der Waals surface area contributed by atoms with Crippen LogP contribution in [0.15, 0.2) is 24.3 Å². The van der Waals surface area contributed by atoms with Gasteiger partial charge in [0.15, 0.2) is 0 Å². The molecule has 0 aliphatic rings. The molecule has 0 spiro atoms. The fraction of sp³-hybridized carbons (Fsp3) is 0.533. The molecule has 1 aromatic carbocycles. The van der Waals surface area contributed by atoms with E-state index < -0.39 is 0 Å². The van der Waals surface area contributed by atoms with E-state index in [0.717, 1.165) is 29.6 Å². The van der Waals surface area contributed by atoms with E-state index in [0.29, 0.717) is 6.61 Å². The average Bonchev–Trinajstić information content (AvgIpc) is 2.41. The summed E-state index contributed by atoms with van der Waals surface area (Å²) in [6.45, 7) is 6.54. The smallest absolute Gasteiger partial charge is 0.221 e. The first-order valence-electron chi connectivity index (χ1n) is 6.61. The van der Waals surface area contributed by atoms with E-state index in [1.165, 1.54) is 6.92 Å². The standard InChI is InChI=1S/C15H22BrNO2/c1-4-15(5-2,10-16)11-19-14-8-6-7-13(9-14)17-12(3)18/h6-9H,4-5,10-11H2,1-3H3,(H,17,18). The number of carbonyl (C=O) groups excluding carboxylic acids is 1. The van der Waals surface area contributed by atoms with E-state index in [4.69, 9.17) is 4.74 Å². The number of hydrogen-bond acceptors (Lipinski definition) is 2. The number of anilines is 1. The molecule has 0 aromatic heterocycles. The molecule has 1 amide bonds. The molecule has 0 heterocycles. The van der Waals surface area contributed by atoms with Crippen LogP contribution in [0.4, 0.5) is 5.69 Å². The average molecular weight is 328 g/mol. The lowest BCUT2D eigenvalue weighted by molar-refractivity contribution is -0.114. The predicted molar refractivity (Wildman–Crippen MR) is 83.0 cm³/mol. The second-order valence-electron chi connectivity index (χ2n) is 4.84. The Labute approximate surface area is 123 Å². The van der Waals surface area contributed by atoms with Crippen molar-refractivity contribution in [1.82, 2.24) is 0 Å². The maximum atomic E-state index is 11.0. The zero-order valence-corrected chi connectivity index (χ0v) is 13.4. The van der Waals surface area contributed by atoms with Crippen molar-refractivity contribution in [1.29, 1.82) is 0 Å². The molecule has 0 radical (unpaired) electrons. The number of rotatable bonds is 7. The number of benzene rings is 1. The van der Waals surface area contributed by atoms with Gasteiger partial charge < -0.3 is 10.1 Å². The van der Waals surface area contributed by atoms with Crippen molar-refractivity contribution in [2.75, 3.05) is 17.3 Å². The Morgan fingerprint density at radius 3 is 2.58 bits per heavy atom. The zero-order chi connectivity index (χ0) is 14.3. The van der Waals surface area contributed by atoms with Crippen molar-refractivity contribution >= 4 is 27.5 Å². The molecule has 106 valence electrons. The highest BCUT2D eigenvalue weighted by Gasteiger charge is 2.25. The Bertz CT molecular complexity index is 408. The van der Waals surface area contributed by atoms with Gasteiger partial charge in [0.2, 0.25) is 5.91 Å². The van der Waals surface area contributed by atoms with Gasteiger partial charge in [0.1, 0.15) is 5.75 Å². The molecule has 4 heteroatoms. The van der Waals surface area contributed by atoms with Gasteiger partial charge in [0, 0.05) is 29.4 Å². The molecule has 0 unspecified atom stereocenters. The third-order valence-electron chi connectivity index (χ3n) is 3.48. The lowest BCUT2D eigenvalue weighted by Gasteiger charge is -2.29. The molecule has 0 saturated heterocycles. The van der Waals surface area contributed by atoms with Crippen LogP contribution in [0.2, 0.25) is 0 Å². The fourth-order valence-electron chi connectivity index (χ4n) is 1.79. The summed E-state index contributed by atoms with van der Waals surface area (Å²) in [5.41, 5.74) is 0.937. The van der Waals surface area contributed by atoms with Crippen molar-refractivity contribution < 1.29 is 9.53 Å². The lowest BCUT2D eigenvalue weighted by atomic mass is 9.86. The third kappa shape index (κ3) is 4.86. The lowest BCUT2D eigenvalue weighted by Crippen LogP contribution is -2.29. The van der Waals surface area contributed by atoms with E-state index in [1.54, 1.807) is 0 Å². The van der Waals surface area contributed by atoms with Gasteiger partial charge in [-0.25, -0.2) is 0 Å². The van der Waals surface area contributed by atoms with Crippen LogP contribution in [-0.2, 0) is 4.79 Å². The van der Waals surface area contributed by atoms with Gasteiger partial charge >= 0.3 is 0 Å². The van der Waals surface area contributed by atoms with Crippen LogP contribution in [0, 0.1) is 5.41 Å². The molecule has 0 fully saturated rings. The third-order valence-corrected chi connectivity index (χ3v) is 4.67. The number of amides is 1. The number of nitrogens with one attached hydrogen (secondary N) is 1. The van der Waals surface area contributed by atoms with E-state index in [-0.39, 0.29) is 11.3 Å². The van der Waals surface area contributed by atoms with Crippen LogP contribution in [0.1, 0.15) is 33.6 Å². The molecule has 0 aliphatic heterocycles. The Hall–Kier alpha value is -1.03. The highest BCUT2D eigenvalue weighted by molar-refractivity contribution is 9.09. The maximum absolute atomic E-state index is 11.0. The van der Waals surface area contributed by atoms with Crippen LogP contribution < -0.4 is 10.1 Å². The number of halogens is 1. The van der Waals surface area contributed by atoms with E-state index in [2.05, 4.69) is 35.1 Å². The summed E-state index contributed by atoms with van der Waals surface area (Å²) in [5.74, 6) is 0.715. The van der Waals surface area contributed by atoms with E-state index in [9.17, 15) is 4.79 Å². The maximum Gasteiger partial charge on any atom is 0.221 e. The summed E-state index contributed by atoms with van der Waals surface area (Å²) in [6.07, 6.45) is 2.14. The van der Waals surface area contributed by atoms with E-state index in [1.807, 2.05) is 24.3 Å². The van der Waals surface area contributed by atoms with Crippen LogP contribution >= 0.6 is 15.9 Å². The van der Waals surface area contributed by atoms with Crippen molar-refractivity contribution in [3.63, 3.8) is 0 Å². The first-order valence-corrected chi connectivity index (χ1v) is 7.74. The summed E-state index contributed by atoms with van der Waals surface area (Å²) >= 11 is 3.58. The molecular formula is C15H22BrNO2. The quantitative estimate of drug-likeness (QED) is 0.761. The van der Waals surface area contributed by atoms with E-state index >= 15 is 0 Å². The zero-order valence-electron chi connectivity index (χ0n) is 11.8. The van der Waals surface area contributed by atoms with Gasteiger partial charge in [-0.3, -0.25) is 4.79 Å². The number of carbonyl (C=O) groups is 1. The summed E-state index contributed by atoms with van der Waals surface area (Å²) in [5, 5.41) is 3.69. The molecule has 19 heavy (non-hydrogen) atoms. The number of ether oxygens (including phenoxy) is 1. The summed E-state index contributed by atoms with van der Waals surface area (Å²) in [4.78, 5) is 11.0. The summed E-state index contributed by atoms with van der Waals surface area (Å²) < 4.78 is 5.89. The summed E-state index contributed by atoms with van der Waals surface area (Å²) in [6, 6.07) is 7.50. The topological polar surface area (TPSA) is 38.3 Å². The van der Waals surface area contributed by atoms with Crippen LogP contribution in [0.5, 0.6) is 5.75 Å². The van der Waals surface area contributed by atoms with Crippen molar-refractivity contribution in [2.45, 2.75) is 33.6 Å². The Morgan fingerprint density at radius 2 is 2.05 bits per heavy atom. The van der Waals surface area contributed by atoms with Gasteiger partial charge in [-0.1, -0.05) is 35.8 Å². The Kier molecular flexibility index (Phi) is 6.35. The Morgan fingerprint density at radius 1 is 1.37 bits per heavy atom. The van der Waals surface area contributed by atoms with Crippen LogP contribution in [-0.4, -0.2) is 17.8 Å². The highest BCUT2D eigenvalue weighted by Crippen LogP contribution is 2.30. The molecule has 0 atom stereocenters. The monoisotopic (exact) mass is 327 g/mol. The number of alkyl halides is 1. The first-order chi connectivity index (χ1) is 9.05. The molecule has 1 aromatic rings. The molecule has 3 nitrogen and oxygen atoms in total. The Balaban J connectivity index is 2.69. The van der Waals surface area contributed by atoms with Crippen molar-refractivity contribution in [3.8, 4) is 5.75 Å². The molecular weight excluding hydrogens is 306 g/mol. The number of hydrogen-bond donors (Lipinski definition) is 1. The van der Waals surface area contributed by atoms with Crippen molar-refractivity contribution in [2.24, 2.45) is 5.41 Å². The van der Waals surface area contributed by atoms with Gasteiger partial charge in [0.05, 0.1) is 6.61 Å². The fourth-order valence-corrected chi connectivity index (χ4v) is 2.74. The molecule has 0 aliphatic carbocycles. The first kappa shape index (κ1) is 16.0. The molecule has 0 saturated carbocycles. The SMILES string of the molecule is CCC(CC)(CBr)COc1cccc(NC(C)=O)c1. The van der Waals surface area contributed by atoms with Crippen LogP contribution in [0.25, 0.3) is 0 Å². The minimum atomic E-state index is -0.0749. The normalized spacial score (nSPS) is 11.2. The minimum Gasteiger partial charge on any atom is -0.493 e. The van der Waals surface area contributed by atoms with Crippen molar-refractivity contribution in [3.05, 3.63) is 24.3 Å². The largest absolute Gasteiger partial charge is 0.493 e. The second-order valence-corrected chi connectivity index (χ2v) is 5.40. The van der Waals surface area contributed by atoms with Gasteiger partial charge in [-0.05, 0) is 25.0 Å². The van der Waals surface area contributed by atoms with Gasteiger partial charge in [-0.2, -0.15) is 0 Å². The second kappa shape index (κ2) is 7.53. The van der Waals surface area contributed by atoms with Crippen LogP contribution in [0.3, 0.4) is 0 Å². The molecule has 0 bridgehead atoms. The molecule has 1 rings (SSSR count). The minimum absolute atomic E-state index is 0.0749. The van der Waals surface area contributed by atoms with Gasteiger partial charge in [-0.15, -0.1) is 0 Å². The predicted octanol–water partition coefficient (Wildman–Crippen LogP) is 4.23. The summed E-state index contributed by atoms with van der Waals surface area (Å²) in [7, 11) is 0. The highest BCUT2D eigenvalue weighted by atomic mass is 79.9.